The molecule has 2 rings (SSSR count). The summed E-state index contributed by atoms with van der Waals surface area (Å²) < 4.78 is 24.8. The van der Waals surface area contributed by atoms with Crippen molar-refractivity contribution in [3.63, 3.8) is 0 Å². The largest absolute Gasteiger partial charge is 0.352 e. The molecule has 0 saturated carbocycles. The molecule has 5 nitrogen and oxygen atoms in total. The SMILES string of the molecule is Cc1ccc(S(=O)(=O)Cc2ccc(C(=O)NCCCN)cc2)cc1.Cl. The third-order valence-corrected chi connectivity index (χ3v) is 5.32. The second kappa shape index (κ2) is 9.56. The van der Waals surface area contributed by atoms with Crippen molar-refractivity contribution in [3.8, 4) is 0 Å². The van der Waals surface area contributed by atoms with Crippen molar-refractivity contribution in [2.24, 2.45) is 5.73 Å². The highest BCUT2D eigenvalue weighted by molar-refractivity contribution is 7.90. The summed E-state index contributed by atoms with van der Waals surface area (Å²) in [4.78, 5) is 12.2. The first kappa shape index (κ1) is 21.2. The molecule has 2 aromatic carbocycles. The average molecular weight is 383 g/mol. The number of rotatable bonds is 7. The number of aryl methyl sites for hydroxylation is 1. The quantitative estimate of drug-likeness (QED) is 0.720. The molecule has 0 bridgehead atoms. The minimum atomic E-state index is -3.40. The number of carbonyl (C=O) groups excluding carboxylic acids is 1. The first-order chi connectivity index (χ1) is 11.4. The second-order valence-corrected chi connectivity index (χ2v) is 7.66. The Balaban J connectivity index is 0.00000312. The van der Waals surface area contributed by atoms with Crippen LogP contribution in [0.1, 0.15) is 27.9 Å². The monoisotopic (exact) mass is 382 g/mol. The molecule has 0 radical (unpaired) electrons. The lowest BCUT2D eigenvalue weighted by molar-refractivity contribution is 0.0953. The van der Waals surface area contributed by atoms with Gasteiger partial charge in [-0.1, -0.05) is 29.8 Å². The molecule has 25 heavy (non-hydrogen) atoms. The molecule has 7 heteroatoms. The summed E-state index contributed by atoms with van der Waals surface area (Å²) in [5, 5.41) is 2.76. The maximum absolute atomic E-state index is 12.4. The lowest BCUT2D eigenvalue weighted by Crippen LogP contribution is -2.25. The van der Waals surface area contributed by atoms with Crippen LogP contribution in [0.25, 0.3) is 0 Å². The van der Waals surface area contributed by atoms with Crippen LogP contribution in [0.15, 0.2) is 53.4 Å². The van der Waals surface area contributed by atoms with Crippen LogP contribution in [0.2, 0.25) is 0 Å². The Morgan fingerprint density at radius 1 is 1.04 bits per heavy atom. The lowest BCUT2D eigenvalue weighted by Gasteiger charge is -2.07. The molecule has 0 spiro atoms. The summed E-state index contributed by atoms with van der Waals surface area (Å²) in [7, 11) is -3.40. The van der Waals surface area contributed by atoms with Gasteiger partial charge in [-0.05, 0) is 49.7 Å². The summed E-state index contributed by atoms with van der Waals surface area (Å²) >= 11 is 0. The fourth-order valence-electron chi connectivity index (χ4n) is 2.21. The van der Waals surface area contributed by atoms with E-state index in [0.29, 0.717) is 29.1 Å². The van der Waals surface area contributed by atoms with Gasteiger partial charge in [0.25, 0.3) is 5.91 Å². The van der Waals surface area contributed by atoms with Gasteiger partial charge < -0.3 is 11.1 Å². The standard InChI is InChI=1S/C18H22N2O3S.ClH/c1-14-3-9-17(10-4-14)24(22,23)13-15-5-7-16(8-6-15)18(21)20-12-2-11-19;/h3-10H,2,11-13,19H2,1H3,(H,20,21);1H. The molecule has 0 fully saturated rings. The molecule has 3 N–H and O–H groups in total. The Labute approximate surface area is 155 Å². The molecule has 0 heterocycles. The van der Waals surface area contributed by atoms with E-state index >= 15 is 0 Å². The third-order valence-electron chi connectivity index (χ3n) is 3.62. The summed E-state index contributed by atoms with van der Waals surface area (Å²) in [6.07, 6.45) is 0.721. The smallest absolute Gasteiger partial charge is 0.251 e. The van der Waals surface area contributed by atoms with E-state index in [1.54, 1.807) is 48.5 Å². The molecule has 2 aromatic rings. The highest BCUT2D eigenvalue weighted by Gasteiger charge is 2.15. The number of hydrogen-bond acceptors (Lipinski definition) is 4. The van der Waals surface area contributed by atoms with E-state index in [4.69, 9.17) is 5.73 Å². The van der Waals surface area contributed by atoms with Crippen LogP contribution in [0.3, 0.4) is 0 Å². The number of carbonyl (C=O) groups is 1. The van der Waals surface area contributed by atoms with Crippen molar-refractivity contribution in [2.45, 2.75) is 24.0 Å². The number of nitrogens with two attached hydrogens (primary N) is 1. The maximum Gasteiger partial charge on any atom is 0.251 e. The number of sulfone groups is 1. The normalized spacial score (nSPS) is 10.8. The summed E-state index contributed by atoms with van der Waals surface area (Å²) in [5.74, 6) is -0.276. The van der Waals surface area contributed by atoms with Crippen molar-refractivity contribution in [3.05, 3.63) is 65.2 Å². The van der Waals surface area contributed by atoms with Gasteiger partial charge in [0.1, 0.15) is 0 Å². The summed E-state index contributed by atoms with van der Waals surface area (Å²) in [6, 6.07) is 13.4. The molecular weight excluding hydrogens is 360 g/mol. The van der Waals surface area contributed by atoms with Gasteiger partial charge in [-0.2, -0.15) is 0 Å². The topological polar surface area (TPSA) is 89.3 Å². The zero-order valence-electron chi connectivity index (χ0n) is 14.1. The molecule has 0 aliphatic heterocycles. The Morgan fingerprint density at radius 2 is 1.64 bits per heavy atom. The van der Waals surface area contributed by atoms with Crippen LogP contribution >= 0.6 is 12.4 Å². The molecule has 0 aliphatic rings. The number of hydrogen-bond donors (Lipinski definition) is 2. The van der Waals surface area contributed by atoms with Crippen molar-refractivity contribution in [1.82, 2.24) is 5.32 Å². The average Bonchev–Trinajstić information content (AvgIpc) is 2.55. The van der Waals surface area contributed by atoms with Gasteiger partial charge in [0.15, 0.2) is 9.84 Å². The van der Waals surface area contributed by atoms with Crippen molar-refractivity contribution in [2.75, 3.05) is 13.1 Å². The van der Waals surface area contributed by atoms with Gasteiger partial charge in [0.2, 0.25) is 0 Å². The minimum absolute atomic E-state index is 0. The second-order valence-electron chi connectivity index (χ2n) is 5.67. The fraction of sp³-hybridized carbons (Fsp3) is 0.278. The zero-order valence-corrected chi connectivity index (χ0v) is 15.7. The molecule has 0 aliphatic carbocycles. The van der Waals surface area contributed by atoms with Gasteiger partial charge >= 0.3 is 0 Å². The molecule has 0 aromatic heterocycles. The molecule has 1 amide bonds. The van der Waals surface area contributed by atoms with Gasteiger partial charge in [0.05, 0.1) is 10.6 Å². The highest BCUT2D eigenvalue weighted by Crippen LogP contribution is 2.17. The number of halogens is 1. The third kappa shape index (κ3) is 6.16. The van der Waals surface area contributed by atoms with Crippen molar-refractivity contribution >= 4 is 28.2 Å². The van der Waals surface area contributed by atoms with Crippen LogP contribution < -0.4 is 11.1 Å². The lowest BCUT2D eigenvalue weighted by atomic mass is 10.1. The molecular formula is C18H23ClN2O3S. The minimum Gasteiger partial charge on any atom is -0.352 e. The summed E-state index contributed by atoms with van der Waals surface area (Å²) in [5.41, 5.74) is 7.54. The summed E-state index contributed by atoms with van der Waals surface area (Å²) in [6.45, 7) is 2.96. The van der Waals surface area contributed by atoms with Crippen LogP contribution in [-0.2, 0) is 15.6 Å². The highest BCUT2D eigenvalue weighted by atomic mass is 35.5. The van der Waals surface area contributed by atoms with Crippen LogP contribution in [0.4, 0.5) is 0 Å². The number of amides is 1. The molecule has 0 unspecified atom stereocenters. The van der Waals surface area contributed by atoms with Gasteiger partial charge in [-0.15, -0.1) is 12.4 Å². The van der Waals surface area contributed by atoms with E-state index < -0.39 is 9.84 Å². The van der Waals surface area contributed by atoms with E-state index in [9.17, 15) is 13.2 Å². The van der Waals surface area contributed by atoms with Gasteiger partial charge in [0, 0.05) is 12.1 Å². The Kier molecular flexibility index (Phi) is 8.09. The van der Waals surface area contributed by atoms with E-state index in [1.807, 2.05) is 6.92 Å². The predicted octanol–water partition coefficient (Wildman–Crippen LogP) is 2.47. The van der Waals surface area contributed by atoms with E-state index in [0.717, 1.165) is 12.0 Å². The maximum atomic E-state index is 12.4. The van der Waals surface area contributed by atoms with E-state index in [1.165, 1.54) is 0 Å². The van der Waals surface area contributed by atoms with Crippen LogP contribution in [0, 0.1) is 6.92 Å². The van der Waals surface area contributed by atoms with Crippen LogP contribution in [-0.4, -0.2) is 27.4 Å². The number of nitrogens with one attached hydrogen (secondary N) is 1. The molecule has 0 atom stereocenters. The Hall–Kier alpha value is -1.89. The van der Waals surface area contributed by atoms with Crippen molar-refractivity contribution in [1.29, 1.82) is 0 Å². The Bertz CT molecular complexity index is 788. The molecule has 0 saturated heterocycles. The first-order valence-electron chi connectivity index (χ1n) is 7.79. The molecule has 136 valence electrons. The first-order valence-corrected chi connectivity index (χ1v) is 9.44. The zero-order chi connectivity index (χ0) is 17.6. The van der Waals surface area contributed by atoms with Gasteiger partial charge in [-0.3, -0.25) is 4.79 Å². The van der Waals surface area contributed by atoms with Gasteiger partial charge in [-0.25, -0.2) is 8.42 Å². The van der Waals surface area contributed by atoms with E-state index in [-0.39, 0.29) is 24.1 Å². The predicted molar refractivity (Wildman–Crippen MR) is 102 cm³/mol. The number of benzene rings is 2. The van der Waals surface area contributed by atoms with Crippen molar-refractivity contribution < 1.29 is 13.2 Å². The fourth-order valence-corrected chi connectivity index (χ4v) is 3.56. The Morgan fingerprint density at radius 3 is 2.20 bits per heavy atom. The van der Waals surface area contributed by atoms with Crippen LogP contribution in [0.5, 0.6) is 0 Å². The van der Waals surface area contributed by atoms with E-state index in [2.05, 4.69) is 5.32 Å².